The van der Waals surface area contributed by atoms with E-state index in [-0.39, 0.29) is 19.4 Å². The van der Waals surface area contributed by atoms with Crippen LogP contribution < -0.4 is 21.7 Å². The number of carbonyl (C=O) groups excluding carboxylic acids is 4. The average molecular weight is 465 g/mol. The first-order valence-corrected chi connectivity index (χ1v) is 9.85. The molecule has 0 saturated heterocycles. The van der Waals surface area contributed by atoms with Gasteiger partial charge in [0.15, 0.2) is 6.61 Å². The lowest BCUT2D eigenvalue weighted by atomic mass is 10.0. The van der Waals surface area contributed by atoms with Crippen LogP contribution in [0.15, 0.2) is 48.5 Å². The Labute approximate surface area is 188 Å². The lowest BCUT2D eigenvalue weighted by molar-refractivity contribution is -0.148. The normalized spacial score (nSPS) is 11.3. The quantitative estimate of drug-likeness (QED) is 0.460. The minimum atomic E-state index is -0.845. The van der Waals surface area contributed by atoms with Gasteiger partial charge in [0.05, 0.1) is 12.5 Å². The maximum Gasteiger partial charge on any atom is 0.312 e. The van der Waals surface area contributed by atoms with Crippen molar-refractivity contribution in [3.05, 3.63) is 64.9 Å². The molecule has 170 valence electrons. The summed E-state index contributed by atoms with van der Waals surface area (Å²) in [7, 11) is 0. The van der Waals surface area contributed by atoms with Crippen LogP contribution in [-0.2, 0) is 19.1 Å². The van der Waals surface area contributed by atoms with E-state index in [1.807, 2.05) is 0 Å². The molecule has 2 aromatic carbocycles. The number of carbonyl (C=O) groups is 4. The molecule has 4 amide bonds. The first-order chi connectivity index (χ1) is 15.2. The fourth-order valence-electron chi connectivity index (χ4n) is 2.81. The van der Waals surface area contributed by atoms with Gasteiger partial charge in [0, 0.05) is 23.7 Å². The van der Waals surface area contributed by atoms with Crippen LogP contribution >= 0.6 is 11.6 Å². The summed E-state index contributed by atoms with van der Waals surface area (Å²) in [6.07, 6.45) is -0.437. The second kappa shape index (κ2) is 11.7. The Bertz CT molecular complexity index is 969. The van der Waals surface area contributed by atoms with Crippen LogP contribution in [0.2, 0.25) is 5.02 Å². The summed E-state index contributed by atoms with van der Waals surface area (Å²) in [5.41, 5.74) is 11.2. The standard InChI is InChI=1S/C21H22ClFN4O5/c22-14-3-1-13(2-4-14)17(26-21(25)31)11-20(30)32-12-19(29)27(10-9-18(24)28)16-7-5-15(23)6-8-16/h1-8,17H,9-12H2,(H2,24,28)(H3,25,26,31). The van der Waals surface area contributed by atoms with E-state index in [1.54, 1.807) is 24.3 Å². The fraction of sp³-hybridized carbons (Fsp3) is 0.238. The number of primary amides is 2. The lowest BCUT2D eigenvalue weighted by Gasteiger charge is -2.22. The molecule has 1 atom stereocenters. The van der Waals surface area contributed by atoms with Crippen molar-refractivity contribution in [2.45, 2.75) is 18.9 Å². The number of hydrogen-bond donors (Lipinski definition) is 3. The molecule has 11 heteroatoms. The number of amides is 4. The molecule has 5 N–H and O–H groups in total. The number of halogens is 2. The molecule has 2 aromatic rings. The summed E-state index contributed by atoms with van der Waals surface area (Å²) in [5.74, 6) is -2.55. The molecular weight excluding hydrogens is 443 g/mol. The SMILES string of the molecule is NC(=O)CCN(C(=O)COC(=O)CC(NC(N)=O)c1ccc(Cl)cc1)c1ccc(F)cc1. The third kappa shape index (κ3) is 7.88. The number of nitrogens with one attached hydrogen (secondary N) is 1. The Kier molecular flexibility index (Phi) is 8.96. The van der Waals surface area contributed by atoms with Gasteiger partial charge in [-0.05, 0) is 42.0 Å². The Morgan fingerprint density at radius 1 is 1.03 bits per heavy atom. The van der Waals surface area contributed by atoms with Crippen LogP contribution in [0, 0.1) is 5.82 Å². The molecule has 0 aliphatic heterocycles. The van der Waals surface area contributed by atoms with Crippen LogP contribution in [-0.4, -0.2) is 37.0 Å². The molecule has 1 unspecified atom stereocenters. The topological polar surface area (TPSA) is 145 Å². The Balaban J connectivity index is 2.04. The summed E-state index contributed by atoms with van der Waals surface area (Å²) < 4.78 is 18.3. The number of nitrogens with zero attached hydrogens (tertiary/aromatic N) is 1. The molecule has 2 rings (SSSR count). The zero-order valence-electron chi connectivity index (χ0n) is 16.9. The minimum absolute atomic E-state index is 0.0754. The highest BCUT2D eigenvalue weighted by molar-refractivity contribution is 6.30. The zero-order chi connectivity index (χ0) is 23.7. The molecule has 32 heavy (non-hydrogen) atoms. The first kappa shape index (κ1) is 24.6. The van der Waals surface area contributed by atoms with Gasteiger partial charge >= 0.3 is 12.0 Å². The van der Waals surface area contributed by atoms with E-state index in [1.165, 1.54) is 12.1 Å². The number of hydrogen-bond acceptors (Lipinski definition) is 5. The van der Waals surface area contributed by atoms with Gasteiger partial charge in [-0.25, -0.2) is 9.18 Å². The van der Waals surface area contributed by atoms with Crippen LogP contribution in [0.1, 0.15) is 24.4 Å². The largest absolute Gasteiger partial charge is 0.455 e. The second-order valence-corrected chi connectivity index (χ2v) is 7.15. The summed E-state index contributed by atoms with van der Waals surface area (Å²) in [6.45, 7) is -0.715. The van der Waals surface area contributed by atoms with E-state index < -0.39 is 42.3 Å². The molecular formula is C21H22ClFN4O5. The van der Waals surface area contributed by atoms with Crippen molar-refractivity contribution in [2.75, 3.05) is 18.1 Å². The van der Waals surface area contributed by atoms with E-state index in [0.29, 0.717) is 16.3 Å². The second-order valence-electron chi connectivity index (χ2n) is 6.72. The average Bonchev–Trinajstić information content (AvgIpc) is 2.73. The van der Waals surface area contributed by atoms with E-state index in [4.69, 9.17) is 27.8 Å². The third-order valence-electron chi connectivity index (χ3n) is 4.34. The van der Waals surface area contributed by atoms with Crippen molar-refractivity contribution in [1.29, 1.82) is 0 Å². The number of anilines is 1. The van der Waals surface area contributed by atoms with E-state index in [2.05, 4.69) is 5.32 Å². The number of rotatable bonds is 10. The van der Waals surface area contributed by atoms with Crippen molar-refractivity contribution in [3.8, 4) is 0 Å². The maximum atomic E-state index is 13.2. The van der Waals surface area contributed by atoms with Crippen LogP contribution in [0.5, 0.6) is 0 Å². The number of ether oxygens (including phenoxy) is 1. The Morgan fingerprint density at radius 2 is 1.66 bits per heavy atom. The fourth-order valence-corrected chi connectivity index (χ4v) is 2.93. The molecule has 0 radical (unpaired) electrons. The van der Waals surface area contributed by atoms with Gasteiger partial charge in [0.1, 0.15) is 5.82 Å². The molecule has 0 aliphatic rings. The van der Waals surface area contributed by atoms with Gasteiger partial charge in [-0.1, -0.05) is 23.7 Å². The molecule has 0 spiro atoms. The zero-order valence-corrected chi connectivity index (χ0v) is 17.7. The van der Waals surface area contributed by atoms with Crippen molar-refractivity contribution in [2.24, 2.45) is 11.5 Å². The molecule has 0 heterocycles. The highest BCUT2D eigenvalue weighted by Gasteiger charge is 2.22. The molecule has 0 fully saturated rings. The number of esters is 1. The van der Waals surface area contributed by atoms with Gasteiger partial charge in [0.25, 0.3) is 5.91 Å². The van der Waals surface area contributed by atoms with Crippen molar-refractivity contribution in [3.63, 3.8) is 0 Å². The summed E-state index contributed by atoms with van der Waals surface area (Å²) in [6, 6.07) is 9.76. The smallest absolute Gasteiger partial charge is 0.312 e. The summed E-state index contributed by atoms with van der Waals surface area (Å²) in [4.78, 5) is 48.5. The summed E-state index contributed by atoms with van der Waals surface area (Å²) in [5, 5.41) is 2.90. The van der Waals surface area contributed by atoms with E-state index >= 15 is 0 Å². The number of benzene rings is 2. The molecule has 0 saturated carbocycles. The minimum Gasteiger partial charge on any atom is -0.455 e. The molecule has 0 aliphatic carbocycles. The predicted molar refractivity (Wildman–Crippen MR) is 115 cm³/mol. The number of urea groups is 1. The van der Waals surface area contributed by atoms with Gasteiger partial charge in [-0.3, -0.25) is 14.4 Å². The monoisotopic (exact) mass is 464 g/mol. The Morgan fingerprint density at radius 3 is 2.22 bits per heavy atom. The van der Waals surface area contributed by atoms with Gasteiger partial charge in [-0.15, -0.1) is 0 Å². The van der Waals surface area contributed by atoms with Gasteiger partial charge in [0.2, 0.25) is 5.91 Å². The predicted octanol–water partition coefficient (Wildman–Crippen LogP) is 2.03. The van der Waals surface area contributed by atoms with Crippen molar-refractivity contribution in [1.82, 2.24) is 5.32 Å². The van der Waals surface area contributed by atoms with Gasteiger partial charge < -0.3 is 26.4 Å². The van der Waals surface area contributed by atoms with Crippen molar-refractivity contribution >= 4 is 41.1 Å². The van der Waals surface area contributed by atoms with Gasteiger partial charge in [-0.2, -0.15) is 0 Å². The lowest BCUT2D eigenvalue weighted by Crippen LogP contribution is -2.38. The highest BCUT2D eigenvalue weighted by atomic mass is 35.5. The molecule has 9 nitrogen and oxygen atoms in total. The Hall–Kier alpha value is -3.66. The highest BCUT2D eigenvalue weighted by Crippen LogP contribution is 2.20. The number of nitrogens with two attached hydrogens (primary N) is 2. The van der Waals surface area contributed by atoms with E-state index in [9.17, 15) is 23.6 Å². The summed E-state index contributed by atoms with van der Waals surface area (Å²) >= 11 is 5.85. The van der Waals surface area contributed by atoms with Crippen molar-refractivity contribution < 1.29 is 28.3 Å². The first-order valence-electron chi connectivity index (χ1n) is 9.47. The van der Waals surface area contributed by atoms with Crippen LogP contribution in [0.4, 0.5) is 14.9 Å². The van der Waals surface area contributed by atoms with E-state index in [0.717, 1.165) is 17.0 Å². The molecule has 0 bridgehead atoms. The molecule has 0 aromatic heterocycles. The van der Waals surface area contributed by atoms with Crippen LogP contribution in [0.25, 0.3) is 0 Å². The maximum absolute atomic E-state index is 13.2. The van der Waals surface area contributed by atoms with Crippen LogP contribution in [0.3, 0.4) is 0 Å². The third-order valence-corrected chi connectivity index (χ3v) is 4.59.